The number of thiophene rings is 1. The quantitative estimate of drug-likeness (QED) is 0.799. The van der Waals surface area contributed by atoms with Crippen LogP contribution in [0.25, 0.3) is 10.6 Å². The lowest BCUT2D eigenvalue weighted by Gasteiger charge is -2.32. The lowest BCUT2D eigenvalue weighted by atomic mass is 9.94. The molecule has 0 bridgehead atoms. The van der Waals surface area contributed by atoms with Gasteiger partial charge in [-0.2, -0.15) is 5.10 Å². The van der Waals surface area contributed by atoms with Crippen molar-refractivity contribution in [1.29, 1.82) is 0 Å². The van der Waals surface area contributed by atoms with Crippen LogP contribution in [0, 0.1) is 0 Å². The Hall–Kier alpha value is -2.05. The van der Waals surface area contributed by atoms with Crippen molar-refractivity contribution < 1.29 is 0 Å². The summed E-state index contributed by atoms with van der Waals surface area (Å²) < 4.78 is 0. The summed E-state index contributed by atoms with van der Waals surface area (Å²) in [6, 6.07) is 4.22. The van der Waals surface area contributed by atoms with Crippen molar-refractivity contribution in [1.82, 2.24) is 25.1 Å². The molecule has 118 valence electrons. The number of hydrogen-bond donors (Lipinski definition) is 1. The molecule has 4 heterocycles. The van der Waals surface area contributed by atoms with Gasteiger partial charge in [-0.05, 0) is 30.8 Å². The Kier molecular flexibility index (Phi) is 4.17. The SMILES string of the molecule is c1csc(-c2[nH]ncc2CN2CCCC(c3cnccn3)C2)c1. The molecule has 1 aliphatic heterocycles. The third-order valence-corrected chi connectivity index (χ3v) is 5.27. The molecular weight excluding hydrogens is 306 g/mol. The average Bonchev–Trinajstić information content (AvgIpc) is 3.27. The molecule has 1 aliphatic rings. The van der Waals surface area contributed by atoms with Gasteiger partial charge in [0, 0.05) is 43.2 Å². The molecule has 1 fully saturated rings. The monoisotopic (exact) mass is 325 g/mol. The van der Waals surface area contributed by atoms with Gasteiger partial charge in [-0.3, -0.25) is 20.0 Å². The van der Waals surface area contributed by atoms with Crippen LogP contribution in [-0.2, 0) is 6.54 Å². The van der Waals surface area contributed by atoms with Gasteiger partial charge in [0.2, 0.25) is 0 Å². The third-order valence-electron chi connectivity index (χ3n) is 4.39. The molecule has 0 radical (unpaired) electrons. The lowest BCUT2D eigenvalue weighted by molar-refractivity contribution is 0.198. The minimum atomic E-state index is 0.481. The van der Waals surface area contributed by atoms with Gasteiger partial charge in [0.05, 0.1) is 22.5 Å². The van der Waals surface area contributed by atoms with E-state index >= 15 is 0 Å². The molecule has 1 N–H and O–H groups in total. The van der Waals surface area contributed by atoms with E-state index in [-0.39, 0.29) is 0 Å². The van der Waals surface area contributed by atoms with Crippen molar-refractivity contribution in [2.75, 3.05) is 13.1 Å². The van der Waals surface area contributed by atoms with E-state index in [0.29, 0.717) is 5.92 Å². The van der Waals surface area contributed by atoms with Gasteiger partial charge in [0.1, 0.15) is 0 Å². The average molecular weight is 325 g/mol. The Labute approximate surface area is 139 Å². The highest BCUT2D eigenvalue weighted by Gasteiger charge is 2.23. The minimum absolute atomic E-state index is 0.481. The lowest BCUT2D eigenvalue weighted by Crippen LogP contribution is -2.34. The van der Waals surface area contributed by atoms with Crippen molar-refractivity contribution in [3.63, 3.8) is 0 Å². The summed E-state index contributed by atoms with van der Waals surface area (Å²) in [5, 5.41) is 9.51. The van der Waals surface area contributed by atoms with Crippen LogP contribution >= 0.6 is 11.3 Å². The molecule has 0 aromatic carbocycles. The van der Waals surface area contributed by atoms with Crippen molar-refractivity contribution in [2.45, 2.75) is 25.3 Å². The first-order chi connectivity index (χ1) is 11.4. The second-order valence-corrected chi connectivity index (χ2v) is 6.90. The highest BCUT2D eigenvalue weighted by molar-refractivity contribution is 7.13. The van der Waals surface area contributed by atoms with E-state index < -0.39 is 0 Å². The summed E-state index contributed by atoms with van der Waals surface area (Å²) >= 11 is 1.75. The molecule has 4 rings (SSSR count). The molecule has 3 aromatic heterocycles. The fourth-order valence-corrected chi connectivity index (χ4v) is 4.02. The maximum atomic E-state index is 4.49. The number of aromatic nitrogens is 4. The Morgan fingerprint density at radius 3 is 3.13 bits per heavy atom. The molecule has 0 saturated carbocycles. The van der Waals surface area contributed by atoms with Crippen LogP contribution in [0.2, 0.25) is 0 Å². The van der Waals surface area contributed by atoms with Gasteiger partial charge in [0.25, 0.3) is 0 Å². The van der Waals surface area contributed by atoms with E-state index in [2.05, 4.69) is 42.6 Å². The first-order valence-corrected chi connectivity index (χ1v) is 8.82. The number of piperidine rings is 1. The topological polar surface area (TPSA) is 57.7 Å². The number of likely N-dealkylation sites (tertiary alicyclic amines) is 1. The summed E-state index contributed by atoms with van der Waals surface area (Å²) in [5.41, 5.74) is 3.54. The van der Waals surface area contributed by atoms with Crippen molar-refractivity contribution in [3.8, 4) is 10.6 Å². The summed E-state index contributed by atoms with van der Waals surface area (Å²) in [5.74, 6) is 0.481. The predicted molar refractivity (Wildman–Crippen MR) is 91.2 cm³/mol. The maximum Gasteiger partial charge on any atom is 0.0794 e. The smallest absolute Gasteiger partial charge is 0.0794 e. The van der Waals surface area contributed by atoms with Crippen LogP contribution in [0.3, 0.4) is 0 Å². The van der Waals surface area contributed by atoms with Crippen molar-refractivity contribution in [2.24, 2.45) is 0 Å². The van der Waals surface area contributed by atoms with Crippen LogP contribution in [0.4, 0.5) is 0 Å². The first-order valence-electron chi connectivity index (χ1n) is 7.94. The van der Waals surface area contributed by atoms with Crippen LogP contribution in [0.15, 0.2) is 42.3 Å². The number of nitrogens with zero attached hydrogens (tertiary/aromatic N) is 4. The summed E-state index contributed by atoms with van der Waals surface area (Å²) in [6.07, 6.45) is 9.79. The van der Waals surface area contributed by atoms with Crippen LogP contribution < -0.4 is 0 Å². The number of H-pyrrole nitrogens is 1. The number of rotatable bonds is 4. The summed E-state index contributed by atoms with van der Waals surface area (Å²) in [6.45, 7) is 3.10. The molecule has 0 amide bonds. The van der Waals surface area contributed by atoms with Crippen LogP contribution in [0.1, 0.15) is 30.0 Å². The zero-order valence-electron chi connectivity index (χ0n) is 12.9. The van der Waals surface area contributed by atoms with E-state index in [4.69, 9.17) is 0 Å². The molecule has 1 atom stereocenters. The Morgan fingerprint density at radius 1 is 1.30 bits per heavy atom. The number of nitrogens with one attached hydrogen (secondary N) is 1. The molecule has 3 aromatic rings. The highest BCUT2D eigenvalue weighted by Crippen LogP contribution is 2.29. The van der Waals surface area contributed by atoms with Gasteiger partial charge in [0.15, 0.2) is 0 Å². The van der Waals surface area contributed by atoms with E-state index in [1.54, 1.807) is 23.7 Å². The largest absolute Gasteiger partial charge is 0.298 e. The zero-order chi connectivity index (χ0) is 15.5. The van der Waals surface area contributed by atoms with Crippen molar-refractivity contribution >= 4 is 11.3 Å². The Bertz CT molecular complexity index is 737. The van der Waals surface area contributed by atoms with Gasteiger partial charge in [-0.25, -0.2) is 0 Å². The zero-order valence-corrected chi connectivity index (χ0v) is 13.7. The number of hydrogen-bond acceptors (Lipinski definition) is 5. The highest BCUT2D eigenvalue weighted by atomic mass is 32.1. The van der Waals surface area contributed by atoms with Gasteiger partial charge < -0.3 is 0 Å². The second-order valence-electron chi connectivity index (χ2n) is 5.95. The van der Waals surface area contributed by atoms with E-state index in [0.717, 1.165) is 31.0 Å². The fourth-order valence-electron chi connectivity index (χ4n) is 3.27. The number of aromatic amines is 1. The molecule has 0 spiro atoms. The molecule has 6 heteroatoms. The minimum Gasteiger partial charge on any atom is -0.298 e. The predicted octanol–water partition coefficient (Wildman–Crippen LogP) is 3.31. The maximum absolute atomic E-state index is 4.49. The molecular formula is C17H19N5S. The first kappa shape index (κ1) is 14.5. The molecule has 23 heavy (non-hydrogen) atoms. The van der Waals surface area contributed by atoms with Gasteiger partial charge in [-0.1, -0.05) is 6.07 Å². The fraction of sp³-hybridized carbons (Fsp3) is 0.353. The van der Waals surface area contributed by atoms with E-state index in [1.165, 1.54) is 23.3 Å². The molecule has 5 nitrogen and oxygen atoms in total. The van der Waals surface area contributed by atoms with Crippen LogP contribution in [-0.4, -0.2) is 38.2 Å². The van der Waals surface area contributed by atoms with Gasteiger partial charge >= 0.3 is 0 Å². The summed E-state index contributed by atoms with van der Waals surface area (Å²) in [4.78, 5) is 12.5. The Balaban J connectivity index is 1.48. The van der Waals surface area contributed by atoms with E-state index in [1.807, 2.05) is 12.4 Å². The molecule has 1 saturated heterocycles. The van der Waals surface area contributed by atoms with Gasteiger partial charge in [-0.15, -0.1) is 11.3 Å². The normalized spacial score (nSPS) is 19.0. The third kappa shape index (κ3) is 3.18. The second kappa shape index (κ2) is 6.60. The summed E-state index contributed by atoms with van der Waals surface area (Å²) in [7, 11) is 0. The molecule has 0 aliphatic carbocycles. The molecule has 1 unspecified atom stereocenters. The standard InChI is InChI=1S/C17H19N5S/c1-3-13(15-10-18-5-6-19-15)11-22(7-1)12-14-9-20-21-17(14)16-4-2-8-23-16/h2,4-6,8-10,13H,1,3,7,11-12H2,(H,20,21). The Morgan fingerprint density at radius 2 is 2.30 bits per heavy atom. The van der Waals surface area contributed by atoms with Crippen LogP contribution in [0.5, 0.6) is 0 Å². The van der Waals surface area contributed by atoms with Crippen molar-refractivity contribution in [3.05, 3.63) is 53.6 Å². The van der Waals surface area contributed by atoms with E-state index in [9.17, 15) is 0 Å².